The smallest absolute Gasteiger partial charge is 0.407 e. The molecule has 3 aromatic rings. The van der Waals surface area contributed by atoms with Crippen molar-refractivity contribution in [1.82, 2.24) is 31.9 Å². The Morgan fingerprint density at radius 3 is 1.64 bits per heavy atom. The molecule has 0 saturated heterocycles. The van der Waals surface area contributed by atoms with Crippen molar-refractivity contribution >= 4 is 47.6 Å². The molecule has 0 fully saturated rings. The molecule has 0 unspecified atom stereocenters. The lowest BCUT2D eigenvalue weighted by Crippen LogP contribution is -2.62. The number of carbonyl (C=O) groups excluding carboxylic acids is 8. The third-order valence-electron chi connectivity index (χ3n) is 13.0. The van der Waals surface area contributed by atoms with Gasteiger partial charge in [0.1, 0.15) is 48.0 Å². The minimum atomic E-state index is -1.67. The summed E-state index contributed by atoms with van der Waals surface area (Å²) in [7, 11) is 2.81. The standard InChI is InChI=1S/C61H84N6O13/c1-16-23-45(57(76-14)77-15)63-53(71)46(32-36(2)3)65-56(74)51(59(5,6)7)67-55(73)47(33-38-25-18-17-24-37(38)4)64-52(70)44(30-31-49(68)79-60(8,9)10)62-54(72)48(34-50(69)80-61(11,12)13)66-58(75)78-35-43-41-28-21-19-26-39(41)40-27-20-22-29-42(40)43/h1,17-22,24-29,36,43-48,51,57H,23,30-35H2,2-15H3,(H,62,72)(H,63,71)(H,64,70)(H,65,74)(H,66,75)(H,67,73)/t44-,45-,46-,47-,48-,51+/m0/s1. The highest BCUT2D eigenvalue weighted by Crippen LogP contribution is 2.44. The quantitative estimate of drug-likeness (QED) is 0.0219. The van der Waals surface area contributed by atoms with Crippen LogP contribution in [0.3, 0.4) is 0 Å². The van der Waals surface area contributed by atoms with Gasteiger partial charge in [0.05, 0.1) is 12.5 Å². The van der Waals surface area contributed by atoms with Crippen LogP contribution in [-0.4, -0.2) is 122 Å². The lowest BCUT2D eigenvalue weighted by atomic mass is 9.85. The molecule has 1 aliphatic carbocycles. The van der Waals surface area contributed by atoms with Gasteiger partial charge in [0.2, 0.25) is 29.5 Å². The summed E-state index contributed by atoms with van der Waals surface area (Å²) in [5, 5.41) is 16.4. The van der Waals surface area contributed by atoms with Crippen LogP contribution in [0.2, 0.25) is 0 Å². The van der Waals surface area contributed by atoms with Crippen molar-refractivity contribution < 1.29 is 62.0 Å². The van der Waals surface area contributed by atoms with Crippen molar-refractivity contribution in [2.45, 2.75) is 181 Å². The molecule has 19 nitrogen and oxygen atoms in total. The fourth-order valence-electron chi connectivity index (χ4n) is 9.20. The van der Waals surface area contributed by atoms with Crippen LogP contribution in [0.1, 0.15) is 136 Å². The van der Waals surface area contributed by atoms with E-state index < -0.39 is 113 Å². The number of carbonyl (C=O) groups is 8. The first kappa shape index (κ1) is 65.2. The molecule has 3 aromatic carbocycles. The summed E-state index contributed by atoms with van der Waals surface area (Å²) < 4.78 is 27.6. The Morgan fingerprint density at radius 1 is 0.600 bits per heavy atom. The van der Waals surface area contributed by atoms with E-state index in [1.807, 2.05) is 81.4 Å². The Labute approximate surface area is 471 Å². The molecular formula is C61H84N6O13. The Morgan fingerprint density at radius 2 is 1.10 bits per heavy atom. The van der Waals surface area contributed by atoms with E-state index >= 15 is 0 Å². The second kappa shape index (κ2) is 29.2. The lowest BCUT2D eigenvalue weighted by Gasteiger charge is -2.34. The molecule has 6 atom stereocenters. The van der Waals surface area contributed by atoms with E-state index in [0.29, 0.717) is 5.56 Å². The molecule has 0 spiro atoms. The SMILES string of the molecule is C#CC[C@H](NC(=O)[C@H](CC(C)C)NC(=O)[C@@H](NC(=O)[C@H](Cc1ccccc1C)NC(=O)[C@H](CCC(=O)OC(C)(C)C)NC(=O)[C@H](CC(=O)OC(C)(C)C)NC(=O)OCC1c2ccccc2-c2ccccc21)C(C)(C)C)C(OC)OC. The van der Waals surface area contributed by atoms with E-state index in [1.165, 1.54) is 14.2 Å². The molecule has 0 radical (unpaired) electrons. The van der Waals surface area contributed by atoms with Crippen LogP contribution in [0.5, 0.6) is 0 Å². The number of esters is 2. The first-order valence-electron chi connectivity index (χ1n) is 27.1. The van der Waals surface area contributed by atoms with Crippen LogP contribution >= 0.6 is 0 Å². The second-order valence-electron chi connectivity index (χ2n) is 23.6. The first-order valence-corrected chi connectivity index (χ1v) is 27.1. The highest BCUT2D eigenvalue weighted by Gasteiger charge is 2.39. The molecule has 0 bridgehead atoms. The third kappa shape index (κ3) is 20.1. The topological polar surface area (TPSA) is 255 Å². The number of hydrogen-bond donors (Lipinski definition) is 6. The minimum absolute atomic E-state index is 0.0610. The number of hydrogen-bond acceptors (Lipinski definition) is 13. The molecule has 19 heteroatoms. The van der Waals surface area contributed by atoms with Crippen molar-refractivity contribution in [2.24, 2.45) is 11.3 Å². The van der Waals surface area contributed by atoms with E-state index in [-0.39, 0.29) is 50.5 Å². The largest absolute Gasteiger partial charge is 0.460 e. The van der Waals surface area contributed by atoms with E-state index in [4.69, 9.17) is 30.1 Å². The molecule has 0 heterocycles. The Balaban J connectivity index is 1.67. The van der Waals surface area contributed by atoms with E-state index in [0.717, 1.165) is 27.8 Å². The number of rotatable bonds is 26. The number of benzene rings is 3. The Hall–Kier alpha value is -7.30. The number of methoxy groups -OCH3 is 2. The number of amides is 6. The lowest BCUT2D eigenvalue weighted by molar-refractivity contribution is -0.156. The predicted octanol–water partition coefficient (Wildman–Crippen LogP) is 6.46. The molecule has 0 saturated carbocycles. The van der Waals surface area contributed by atoms with Gasteiger partial charge in [-0.3, -0.25) is 33.6 Å². The molecule has 436 valence electrons. The normalized spacial score (nSPS) is 14.6. The Kier molecular flexibility index (Phi) is 23.8. The number of fused-ring (bicyclic) bond motifs is 3. The molecule has 6 N–H and O–H groups in total. The molecule has 1 aliphatic rings. The summed E-state index contributed by atoms with van der Waals surface area (Å²) in [5.41, 5.74) is 2.45. The summed E-state index contributed by atoms with van der Waals surface area (Å²) >= 11 is 0. The number of ether oxygens (including phenoxy) is 5. The fraction of sp³-hybridized carbons (Fsp3) is 0.541. The molecular weight excluding hydrogens is 1020 g/mol. The summed E-state index contributed by atoms with van der Waals surface area (Å²) in [6.45, 7) is 20.6. The van der Waals surface area contributed by atoms with Gasteiger partial charge in [-0.15, -0.1) is 12.3 Å². The first-order chi connectivity index (χ1) is 37.4. The van der Waals surface area contributed by atoms with Crippen LogP contribution < -0.4 is 31.9 Å². The highest BCUT2D eigenvalue weighted by molar-refractivity contribution is 5.97. The summed E-state index contributed by atoms with van der Waals surface area (Å²) in [5.74, 6) is -3.44. The van der Waals surface area contributed by atoms with Crippen LogP contribution in [0.15, 0.2) is 72.8 Å². The van der Waals surface area contributed by atoms with Crippen molar-refractivity contribution in [1.29, 1.82) is 0 Å². The van der Waals surface area contributed by atoms with Crippen molar-refractivity contribution in [3.8, 4) is 23.5 Å². The van der Waals surface area contributed by atoms with E-state index in [2.05, 4.69) is 37.8 Å². The zero-order chi connectivity index (χ0) is 59.7. The van der Waals surface area contributed by atoms with Crippen LogP contribution in [0.4, 0.5) is 4.79 Å². The van der Waals surface area contributed by atoms with Crippen LogP contribution in [0, 0.1) is 30.6 Å². The zero-order valence-electron chi connectivity index (χ0n) is 49.0. The number of terminal acetylenes is 1. The fourth-order valence-corrected chi connectivity index (χ4v) is 9.20. The number of nitrogens with one attached hydrogen (secondary N) is 6. The summed E-state index contributed by atoms with van der Waals surface area (Å²) in [4.78, 5) is 113. The maximum absolute atomic E-state index is 14.8. The van der Waals surface area contributed by atoms with Crippen molar-refractivity contribution in [3.63, 3.8) is 0 Å². The monoisotopic (exact) mass is 1110 g/mol. The molecule has 0 aromatic heterocycles. The summed E-state index contributed by atoms with van der Waals surface area (Å²) in [6.07, 6.45) is 2.41. The Bertz CT molecular complexity index is 2650. The van der Waals surface area contributed by atoms with Gasteiger partial charge in [0.15, 0.2) is 6.29 Å². The van der Waals surface area contributed by atoms with Gasteiger partial charge in [-0.2, -0.15) is 0 Å². The minimum Gasteiger partial charge on any atom is -0.460 e. The van der Waals surface area contributed by atoms with Gasteiger partial charge in [-0.05, 0) is 106 Å². The van der Waals surface area contributed by atoms with Crippen molar-refractivity contribution in [2.75, 3.05) is 20.8 Å². The van der Waals surface area contributed by atoms with Crippen molar-refractivity contribution in [3.05, 3.63) is 95.1 Å². The number of aryl methyl sites for hydroxylation is 1. The third-order valence-corrected chi connectivity index (χ3v) is 13.0. The average Bonchev–Trinajstić information content (AvgIpc) is 3.68. The maximum Gasteiger partial charge on any atom is 0.407 e. The van der Waals surface area contributed by atoms with Gasteiger partial charge < -0.3 is 55.6 Å². The second-order valence-corrected chi connectivity index (χ2v) is 23.6. The van der Waals surface area contributed by atoms with Gasteiger partial charge in [-0.1, -0.05) is 107 Å². The molecule has 80 heavy (non-hydrogen) atoms. The van der Waals surface area contributed by atoms with Gasteiger partial charge in [0, 0.05) is 39.4 Å². The highest BCUT2D eigenvalue weighted by atomic mass is 16.7. The van der Waals surface area contributed by atoms with Gasteiger partial charge >= 0.3 is 18.0 Å². The van der Waals surface area contributed by atoms with E-state index in [1.54, 1.807) is 74.4 Å². The maximum atomic E-state index is 14.8. The van der Waals surface area contributed by atoms with Crippen LogP contribution in [0.25, 0.3) is 11.1 Å². The van der Waals surface area contributed by atoms with Gasteiger partial charge in [0.25, 0.3) is 0 Å². The molecule has 6 amide bonds. The van der Waals surface area contributed by atoms with Crippen LogP contribution in [-0.2, 0) is 63.7 Å². The molecule has 4 rings (SSSR count). The number of alkyl carbamates (subject to hydrolysis) is 1. The zero-order valence-corrected chi connectivity index (χ0v) is 49.0. The predicted molar refractivity (Wildman–Crippen MR) is 302 cm³/mol. The van der Waals surface area contributed by atoms with E-state index in [9.17, 15) is 38.4 Å². The molecule has 0 aliphatic heterocycles. The van der Waals surface area contributed by atoms with Gasteiger partial charge in [-0.25, -0.2) is 4.79 Å². The average molecular weight is 1110 g/mol. The summed E-state index contributed by atoms with van der Waals surface area (Å²) in [6, 6.07) is 14.9.